The maximum absolute atomic E-state index is 12.9. The van der Waals surface area contributed by atoms with Crippen molar-refractivity contribution in [2.24, 2.45) is 0 Å². The average Bonchev–Trinajstić information content (AvgIpc) is 3.06. The van der Waals surface area contributed by atoms with Gasteiger partial charge in [-0.15, -0.1) is 0 Å². The van der Waals surface area contributed by atoms with Crippen LogP contribution in [0.25, 0.3) is 0 Å². The Kier molecular flexibility index (Phi) is 6.02. The highest BCUT2D eigenvalue weighted by molar-refractivity contribution is 7.93. The number of hydrogen-bond donors (Lipinski definition) is 2. The van der Waals surface area contributed by atoms with Crippen LogP contribution in [0.1, 0.15) is 12.0 Å². The Morgan fingerprint density at radius 3 is 2.48 bits per heavy atom. The molecular formula is C19H20FN3O5S. The van der Waals surface area contributed by atoms with Crippen LogP contribution < -0.4 is 19.7 Å². The Hall–Kier alpha value is -3.14. The third kappa shape index (κ3) is 4.83. The quantitative estimate of drug-likeness (QED) is 0.714. The molecule has 1 saturated heterocycles. The summed E-state index contributed by atoms with van der Waals surface area (Å²) in [5, 5.41) is 4.88. The SMILES string of the molecule is COc1ccc(N2CCCS2(=O)=O)cc1NC(=O)C(=O)NCc1ccc(F)cc1. The Bertz CT molecular complexity index is 1020. The number of rotatable bonds is 5. The van der Waals surface area contributed by atoms with Gasteiger partial charge in [0.1, 0.15) is 11.6 Å². The molecule has 1 fully saturated rings. The number of methoxy groups -OCH3 is 1. The highest BCUT2D eigenvalue weighted by Gasteiger charge is 2.29. The monoisotopic (exact) mass is 421 g/mol. The highest BCUT2D eigenvalue weighted by atomic mass is 32.2. The van der Waals surface area contributed by atoms with Crippen LogP contribution in [-0.2, 0) is 26.2 Å². The fourth-order valence-corrected chi connectivity index (χ4v) is 4.48. The van der Waals surface area contributed by atoms with Gasteiger partial charge in [-0.05, 0) is 42.3 Å². The van der Waals surface area contributed by atoms with Crippen LogP contribution in [0.3, 0.4) is 0 Å². The number of carbonyl (C=O) groups is 2. The predicted octanol–water partition coefficient (Wildman–Crippen LogP) is 1.63. The fraction of sp³-hybridized carbons (Fsp3) is 0.263. The summed E-state index contributed by atoms with van der Waals surface area (Å²) in [6, 6.07) is 10.1. The van der Waals surface area contributed by atoms with Crippen LogP contribution in [0.2, 0.25) is 0 Å². The molecule has 1 heterocycles. The standard InChI is InChI=1S/C19H20FN3O5S/c1-28-17-8-7-15(23-9-2-10-29(23,26)27)11-16(17)22-19(25)18(24)21-12-13-3-5-14(20)6-4-13/h3-8,11H,2,9-10,12H2,1H3,(H,21,24)(H,22,25). The summed E-state index contributed by atoms with van der Waals surface area (Å²) in [5.74, 6) is -1.88. The van der Waals surface area contributed by atoms with Crippen LogP contribution in [0.15, 0.2) is 42.5 Å². The topological polar surface area (TPSA) is 105 Å². The van der Waals surface area contributed by atoms with Gasteiger partial charge in [0, 0.05) is 13.1 Å². The minimum absolute atomic E-state index is 0.0513. The van der Waals surface area contributed by atoms with Crippen molar-refractivity contribution in [3.63, 3.8) is 0 Å². The number of benzene rings is 2. The van der Waals surface area contributed by atoms with Gasteiger partial charge in [0.15, 0.2) is 0 Å². The van der Waals surface area contributed by atoms with Gasteiger partial charge in [0.25, 0.3) is 0 Å². The molecule has 29 heavy (non-hydrogen) atoms. The molecule has 2 aromatic rings. The first-order valence-electron chi connectivity index (χ1n) is 8.82. The summed E-state index contributed by atoms with van der Waals surface area (Å²) in [4.78, 5) is 24.3. The number of carbonyl (C=O) groups excluding carboxylic acids is 2. The van der Waals surface area contributed by atoms with E-state index in [4.69, 9.17) is 4.74 Å². The number of anilines is 2. The molecule has 0 radical (unpaired) electrons. The van der Waals surface area contributed by atoms with E-state index < -0.39 is 27.7 Å². The molecule has 2 aromatic carbocycles. The summed E-state index contributed by atoms with van der Waals surface area (Å²) in [7, 11) is -2.00. The van der Waals surface area contributed by atoms with Gasteiger partial charge in [-0.1, -0.05) is 12.1 Å². The highest BCUT2D eigenvalue weighted by Crippen LogP contribution is 2.32. The van der Waals surface area contributed by atoms with Crippen molar-refractivity contribution >= 4 is 33.2 Å². The van der Waals surface area contributed by atoms with E-state index in [-0.39, 0.29) is 23.7 Å². The normalized spacial score (nSPS) is 15.0. The van der Waals surface area contributed by atoms with Crippen molar-refractivity contribution in [1.29, 1.82) is 0 Å². The summed E-state index contributed by atoms with van der Waals surface area (Å²) >= 11 is 0. The van der Waals surface area contributed by atoms with Crippen LogP contribution in [0.5, 0.6) is 5.75 Å². The van der Waals surface area contributed by atoms with Crippen molar-refractivity contribution in [3.05, 3.63) is 53.8 Å². The van der Waals surface area contributed by atoms with Gasteiger partial charge in [-0.25, -0.2) is 12.8 Å². The molecule has 10 heteroatoms. The first kappa shape index (κ1) is 20.6. The van der Waals surface area contributed by atoms with Gasteiger partial charge < -0.3 is 15.4 Å². The molecule has 2 amide bonds. The number of amides is 2. The molecule has 1 aliphatic heterocycles. The molecule has 0 saturated carbocycles. The maximum atomic E-state index is 12.9. The van der Waals surface area contributed by atoms with Crippen LogP contribution in [0.4, 0.5) is 15.8 Å². The van der Waals surface area contributed by atoms with Crippen molar-refractivity contribution in [1.82, 2.24) is 5.32 Å². The predicted molar refractivity (Wildman–Crippen MR) is 106 cm³/mol. The van der Waals surface area contributed by atoms with Gasteiger partial charge in [-0.3, -0.25) is 13.9 Å². The Morgan fingerprint density at radius 2 is 1.86 bits per heavy atom. The van der Waals surface area contributed by atoms with E-state index in [1.165, 1.54) is 47.8 Å². The number of ether oxygens (including phenoxy) is 1. The molecule has 2 N–H and O–H groups in total. The molecular weight excluding hydrogens is 401 g/mol. The van der Waals surface area contributed by atoms with Crippen molar-refractivity contribution in [3.8, 4) is 5.75 Å². The minimum Gasteiger partial charge on any atom is -0.495 e. The van der Waals surface area contributed by atoms with Crippen LogP contribution in [0, 0.1) is 5.82 Å². The second kappa shape index (κ2) is 8.48. The number of halogens is 1. The van der Waals surface area contributed by atoms with Crippen LogP contribution in [-0.4, -0.2) is 39.6 Å². The maximum Gasteiger partial charge on any atom is 0.313 e. The molecule has 0 spiro atoms. The molecule has 8 nitrogen and oxygen atoms in total. The summed E-state index contributed by atoms with van der Waals surface area (Å²) in [6.45, 7) is 0.399. The second-order valence-corrected chi connectivity index (χ2v) is 8.40. The molecule has 0 aromatic heterocycles. The third-order valence-corrected chi connectivity index (χ3v) is 6.26. The lowest BCUT2D eigenvalue weighted by Gasteiger charge is -2.19. The van der Waals surface area contributed by atoms with E-state index in [1.807, 2.05) is 0 Å². The first-order chi connectivity index (χ1) is 13.8. The lowest BCUT2D eigenvalue weighted by molar-refractivity contribution is -0.136. The van der Waals surface area contributed by atoms with Crippen LogP contribution >= 0.6 is 0 Å². The first-order valence-corrected chi connectivity index (χ1v) is 10.4. The van der Waals surface area contributed by atoms with E-state index in [0.717, 1.165) is 0 Å². The van der Waals surface area contributed by atoms with E-state index in [0.29, 0.717) is 24.2 Å². The Balaban J connectivity index is 1.70. The van der Waals surface area contributed by atoms with Gasteiger partial charge in [0.2, 0.25) is 10.0 Å². The lowest BCUT2D eigenvalue weighted by Crippen LogP contribution is -2.35. The molecule has 3 rings (SSSR count). The lowest BCUT2D eigenvalue weighted by atomic mass is 10.2. The average molecular weight is 421 g/mol. The number of nitrogens with zero attached hydrogens (tertiary/aromatic N) is 1. The number of sulfonamides is 1. The zero-order valence-electron chi connectivity index (χ0n) is 15.6. The van der Waals surface area contributed by atoms with E-state index in [9.17, 15) is 22.4 Å². The summed E-state index contributed by atoms with van der Waals surface area (Å²) in [5.41, 5.74) is 1.19. The van der Waals surface area contributed by atoms with E-state index in [1.54, 1.807) is 6.07 Å². The summed E-state index contributed by atoms with van der Waals surface area (Å²) < 4.78 is 43.6. The summed E-state index contributed by atoms with van der Waals surface area (Å²) in [6.07, 6.45) is 0.516. The molecule has 154 valence electrons. The largest absolute Gasteiger partial charge is 0.495 e. The van der Waals surface area contributed by atoms with E-state index >= 15 is 0 Å². The third-order valence-electron chi connectivity index (χ3n) is 4.39. The zero-order chi connectivity index (χ0) is 21.0. The zero-order valence-corrected chi connectivity index (χ0v) is 16.5. The minimum atomic E-state index is -3.39. The van der Waals surface area contributed by atoms with Crippen molar-refractivity contribution in [2.75, 3.05) is 29.0 Å². The molecule has 0 atom stereocenters. The molecule has 0 unspecified atom stereocenters. The fourth-order valence-electron chi connectivity index (χ4n) is 2.92. The smallest absolute Gasteiger partial charge is 0.313 e. The Morgan fingerprint density at radius 1 is 1.14 bits per heavy atom. The molecule has 0 aliphatic carbocycles. The number of hydrogen-bond acceptors (Lipinski definition) is 5. The molecule has 0 bridgehead atoms. The van der Waals surface area contributed by atoms with E-state index in [2.05, 4.69) is 10.6 Å². The Labute approximate surface area is 167 Å². The second-order valence-electron chi connectivity index (χ2n) is 6.39. The van der Waals surface area contributed by atoms with Gasteiger partial charge in [-0.2, -0.15) is 0 Å². The molecule has 1 aliphatic rings. The van der Waals surface area contributed by atoms with Gasteiger partial charge in [0.05, 0.1) is 24.2 Å². The number of nitrogens with one attached hydrogen (secondary N) is 2. The van der Waals surface area contributed by atoms with Crippen molar-refractivity contribution in [2.45, 2.75) is 13.0 Å². The van der Waals surface area contributed by atoms with Crippen molar-refractivity contribution < 1.29 is 27.1 Å². The van der Waals surface area contributed by atoms with Gasteiger partial charge >= 0.3 is 11.8 Å².